The summed E-state index contributed by atoms with van der Waals surface area (Å²) in [4.78, 5) is 14.2. The van der Waals surface area contributed by atoms with E-state index in [1.807, 2.05) is 20.2 Å². The topological polar surface area (TPSA) is 52.6 Å². The van der Waals surface area contributed by atoms with E-state index in [-0.39, 0.29) is 17.7 Å². The molecule has 4 heteroatoms. The molecule has 0 aromatic heterocycles. The van der Waals surface area contributed by atoms with Crippen LogP contribution >= 0.6 is 0 Å². The predicted molar refractivity (Wildman–Crippen MR) is 81.8 cm³/mol. The van der Waals surface area contributed by atoms with Gasteiger partial charge in [-0.2, -0.15) is 0 Å². The highest BCUT2D eigenvalue weighted by molar-refractivity contribution is 5.79. The molecule has 4 nitrogen and oxygen atoms in total. The van der Waals surface area contributed by atoms with Crippen LogP contribution in [0.2, 0.25) is 0 Å². The molecule has 2 N–H and O–H groups in total. The van der Waals surface area contributed by atoms with Crippen LogP contribution in [-0.4, -0.2) is 42.6 Å². The summed E-state index contributed by atoms with van der Waals surface area (Å²) in [6, 6.07) is 7.00. The number of benzene rings is 1. The highest BCUT2D eigenvalue weighted by atomic mass is 16.3. The Morgan fingerprint density at radius 3 is 2.60 bits per heavy atom. The van der Waals surface area contributed by atoms with Crippen LogP contribution in [0.3, 0.4) is 0 Å². The highest BCUT2D eigenvalue weighted by Crippen LogP contribution is 2.12. The summed E-state index contributed by atoms with van der Waals surface area (Å²) in [6.07, 6.45) is 1.26. The van der Waals surface area contributed by atoms with Gasteiger partial charge in [0.15, 0.2) is 0 Å². The van der Waals surface area contributed by atoms with Crippen LogP contribution in [0.4, 0.5) is 0 Å². The number of aromatic hydroxyl groups is 1. The molecule has 0 fully saturated rings. The minimum atomic E-state index is 0.00287. The molecule has 1 aromatic rings. The van der Waals surface area contributed by atoms with Gasteiger partial charge in [-0.3, -0.25) is 4.79 Å². The van der Waals surface area contributed by atoms with E-state index in [0.29, 0.717) is 12.3 Å². The van der Waals surface area contributed by atoms with Gasteiger partial charge < -0.3 is 15.3 Å². The van der Waals surface area contributed by atoms with Crippen molar-refractivity contribution in [2.75, 3.05) is 20.6 Å². The number of carbonyl (C=O) groups excluding carboxylic acids is 1. The maximum Gasteiger partial charge on any atom is 0.224 e. The van der Waals surface area contributed by atoms with Crippen molar-refractivity contribution < 1.29 is 9.90 Å². The first-order chi connectivity index (χ1) is 9.36. The first-order valence-corrected chi connectivity index (χ1v) is 7.08. The molecule has 0 spiro atoms. The molecule has 0 heterocycles. The number of hydrogen-bond acceptors (Lipinski definition) is 3. The lowest BCUT2D eigenvalue weighted by Gasteiger charge is -2.24. The van der Waals surface area contributed by atoms with E-state index in [2.05, 4.69) is 24.1 Å². The lowest BCUT2D eigenvalue weighted by atomic mass is 10.0. The van der Waals surface area contributed by atoms with E-state index < -0.39 is 0 Å². The average molecular weight is 278 g/mol. The summed E-state index contributed by atoms with van der Waals surface area (Å²) in [5.41, 5.74) is 0.829. The van der Waals surface area contributed by atoms with Gasteiger partial charge in [-0.25, -0.2) is 0 Å². The largest absolute Gasteiger partial charge is 0.508 e. The molecule has 1 unspecified atom stereocenters. The minimum Gasteiger partial charge on any atom is -0.508 e. The van der Waals surface area contributed by atoms with Gasteiger partial charge in [-0.05, 0) is 44.1 Å². The third kappa shape index (κ3) is 6.57. The van der Waals surface area contributed by atoms with Crippen LogP contribution in [0.15, 0.2) is 24.3 Å². The Balaban J connectivity index is 2.56. The van der Waals surface area contributed by atoms with Crippen molar-refractivity contribution in [3.63, 3.8) is 0 Å². The van der Waals surface area contributed by atoms with Gasteiger partial charge in [0.1, 0.15) is 5.75 Å². The van der Waals surface area contributed by atoms with E-state index >= 15 is 0 Å². The van der Waals surface area contributed by atoms with E-state index in [1.54, 1.807) is 18.2 Å². The Kier molecular flexibility index (Phi) is 6.52. The second kappa shape index (κ2) is 7.90. The van der Waals surface area contributed by atoms with Crippen molar-refractivity contribution in [1.29, 1.82) is 0 Å². The van der Waals surface area contributed by atoms with Crippen molar-refractivity contribution in [2.45, 2.75) is 32.7 Å². The molecule has 1 aromatic carbocycles. The van der Waals surface area contributed by atoms with E-state index in [4.69, 9.17) is 0 Å². The molecule has 0 radical (unpaired) electrons. The standard InChI is InChI=1S/C16H26N2O2/c1-12(2)8-14(11-18(3)4)17-16(20)10-13-6-5-7-15(19)9-13/h5-7,9,12,14,19H,8,10-11H2,1-4H3,(H,17,20). The van der Waals surface area contributed by atoms with Gasteiger partial charge in [-0.1, -0.05) is 26.0 Å². The number of phenolic OH excluding ortho intramolecular Hbond substituents is 1. The van der Waals surface area contributed by atoms with Crippen molar-refractivity contribution >= 4 is 5.91 Å². The Morgan fingerprint density at radius 1 is 1.35 bits per heavy atom. The molecule has 0 aliphatic carbocycles. The SMILES string of the molecule is CC(C)CC(CN(C)C)NC(=O)Cc1cccc(O)c1. The fraction of sp³-hybridized carbons (Fsp3) is 0.562. The summed E-state index contributed by atoms with van der Waals surface area (Å²) in [5, 5.41) is 12.5. The van der Waals surface area contributed by atoms with E-state index in [0.717, 1.165) is 18.5 Å². The lowest BCUT2D eigenvalue weighted by molar-refractivity contribution is -0.121. The molecule has 0 aliphatic heterocycles. The molecule has 1 rings (SSSR count). The maximum atomic E-state index is 12.1. The molecule has 20 heavy (non-hydrogen) atoms. The van der Waals surface area contributed by atoms with Crippen molar-refractivity contribution in [2.24, 2.45) is 5.92 Å². The molecule has 0 saturated heterocycles. The fourth-order valence-corrected chi connectivity index (χ4v) is 2.32. The Morgan fingerprint density at radius 2 is 2.05 bits per heavy atom. The Labute approximate surface area is 121 Å². The third-order valence-electron chi connectivity index (χ3n) is 2.98. The predicted octanol–water partition coefficient (Wildman–Crippen LogP) is 2.03. The van der Waals surface area contributed by atoms with Crippen LogP contribution in [0.25, 0.3) is 0 Å². The molecular weight excluding hydrogens is 252 g/mol. The molecular formula is C16H26N2O2. The Hall–Kier alpha value is -1.55. The number of phenols is 1. The van der Waals surface area contributed by atoms with E-state index in [9.17, 15) is 9.90 Å². The number of hydrogen-bond donors (Lipinski definition) is 2. The van der Waals surface area contributed by atoms with Gasteiger partial charge in [0, 0.05) is 12.6 Å². The summed E-state index contributed by atoms with van der Waals surface area (Å²) < 4.78 is 0. The van der Waals surface area contributed by atoms with Crippen LogP contribution in [0.1, 0.15) is 25.8 Å². The molecule has 0 saturated carbocycles. The highest BCUT2D eigenvalue weighted by Gasteiger charge is 2.15. The number of amides is 1. The summed E-state index contributed by atoms with van der Waals surface area (Å²) in [6.45, 7) is 5.15. The molecule has 1 atom stereocenters. The first kappa shape index (κ1) is 16.5. The summed E-state index contributed by atoms with van der Waals surface area (Å²) in [7, 11) is 4.02. The quantitative estimate of drug-likeness (QED) is 0.802. The fourth-order valence-electron chi connectivity index (χ4n) is 2.32. The van der Waals surface area contributed by atoms with Crippen LogP contribution in [0, 0.1) is 5.92 Å². The van der Waals surface area contributed by atoms with Crippen LogP contribution in [0.5, 0.6) is 5.75 Å². The number of nitrogens with zero attached hydrogens (tertiary/aromatic N) is 1. The third-order valence-corrected chi connectivity index (χ3v) is 2.98. The van der Waals surface area contributed by atoms with Crippen molar-refractivity contribution in [3.05, 3.63) is 29.8 Å². The number of likely N-dealkylation sites (N-methyl/N-ethyl adjacent to an activating group) is 1. The Bertz CT molecular complexity index is 420. The van der Waals surface area contributed by atoms with Crippen molar-refractivity contribution in [3.8, 4) is 5.75 Å². The number of carbonyl (C=O) groups is 1. The van der Waals surface area contributed by atoms with Crippen LogP contribution < -0.4 is 5.32 Å². The van der Waals surface area contributed by atoms with Gasteiger partial charge >= 0.3 is 0 Å². The van der Waals surface area contributed by atoms with Gasteiger partial charge in [0.05, 0.1) is 6.42 Å². The summed E-state index contributed by atoms with van der Waals surface area (Å²) >= 11 is 0. The molecule has 112 valence electrons. The van der Waals surface area contributed by atoms with Gasteiger partial charge in [-0.15, -0.1) is 0 Å². The normalized spacial score (nSPS) is 12.7. The van der Waals surface area contributed by atoms with E-state index in [1.165, 1.54) is 0 Å². The second-order valence-corrected chi connectivity index (χ2v) is 6.00. The molecule has 0 aliphatic rings. The zero-order chi connectivity index (χ0) is 15.1. The lowest BCUT2D eigenvalue weighted by Crippen LogP contribution is -2.43. The van der Waals surface area contributed by atoms with Gasteiger partial charge in [0.2, 0.25) is 5.91 Å². The number of rotatable bonds is 7. The molecule has 1 amide bonds. The maximum absolute atomic E-state index is 12.1. The summed E-state index contributed by atoms with van der Waals surface area (Å²) in [5.74, 6) is 0.742. The second-order valence-electron chi connectivity index (χ2n) is 6.00. The smallest absolute Gasteiger partial charge is 0.224 e. The monoisotopic (exact) mass is 278 g/mol. The zero-order valence-electron chi connectivity index (χ0n) is 12.9. The first-order valence-electron chi connectivity index (χ1n) is 7.08. The zero-order valence-corrected chi connectivity index (χ0v) is 12.9. The number of nitrogens with one attached hydrogen (secondary N) is 1. The van der Waals surface area contributed by atoms with Crippen LogP contribution in [-0.2, 0) is 11.2 Å². The minimum absolute atomic E-state index is 0.00287. The molecule has 0 bridgehead atoms. The van der Waals surface area contributed by atoms with Gasteiger partial charge in [0.25, 0.3) is 0 Å². The average Bonchev–Trinajstić information content (AvgIpc) is 2.26. The van der Waals surface area contributed by atoms with Crippen molar-refractivity contribution in [1.82, 2.24) is 10.2 Å².